The molecule has 2 aromatic heterocycles. The van der Waals surface area contributed by atoms with Gasteiger partial charge in [0.05, 0.1) is 30.0 Å². The van der Waals surface area contributed by atoms with Gasteiger partial charge in [-0.3, -0.25) is 4.68 Å². The molecule has 9 heteroatoms. The van der Waals surface area contributed by atoms with E-state index in [0.717, 1.165) is 22.2 Å². The third-order valence-corrected chi connectivity index (χ3v) is 4.74. The van der Waals surface area contributed by atoms with Crippen molar-refractivity contribution < 1.29 is 9.23 Å². The maximum absolute atomic E-state index is 13.5. The van der Waals surface area contributed by atoms with E-state index >= 15 is 0 Å². The number of hydrogen-bond acceptors (Lipinski definition) is 7. The fourth-order valence-electron chi connectivity index (χ4n) is 3.33. The Morgan fingerprint density at radius 3 is 2.81 bits per heavy atom. The molecule has 4 rings (SSSR count). The average Bonchev–Trinajstić information content (AvgIpc) is 3.18. The molecule has 0 saturated heterocycles. The lowest BCUT2D eigenvalue weighted by atomic mass is 10.2. The average molecular weight is 433 g/mol. The minimum atomic E-state index is -0.254. The Bertz CT molecular complexity index is 1240. The van der Waals surface area contributed by atoms with E-state index in [1.54, 1.807) is 18.5 Å². The van der Waals surface area contributed by atoms with Gasteiger partial charge in [-0.25, -0.2) is 14.4 Å². The predicted octanol–water partition coefficient (Wildman–Crippen LogP) is 4.56. The van der Waals surface area contributed by atoms with Crippen LogP contribution < -0.4 is 10.6 Å². The van der Waals surface area contributed by atoms with Crippen LogP contribution in [0.3, 0.4) is 0 Å². The zero-order valence-corrected chi connectivity index (χ0v) is 17.9. The summed E-state index contributed by atoms with van der Waals surface area (Å²) in [5.41, 5.74) is 3.35. The Kier molecular flexibility index (Phi) is 6.54. The second-order valence-electron chi connectivity index (χ2n) is 7.00. The van der Waals surface area contributed by atoms with Gasteiger partial charge >= 0.3 is 0 Å². The third-order valence-electron chi connectivity index (χ3n) is 4.74. The second kappa shape index (κ2) is 9.86. The van der Waals surface area contributed by atoms with Crippen molar-refractivity contribution in [3.63, 3.8) is 0 Å². The van der Waals surface area contributed by atoms with Gasteiger partial charge in [0.1, 0.15) is 30.4 Å². The number of benzene rings is 2. The monoisotopic (exact) mass is 433 g/mol. The van der Waals surface area contributed by atoms with Crippen LogP contribution in [0.25, 0.3) is 10.9 Å². The van der Waals surface area contributed by atoms with Crippen LogP contribution in [0.5, 0.6) is 0 Å². The lowest BCUT2D eigenvalue weighted by Crippen LogP contribution is -2.08. The van der Waals surface area contributed by atoms with Gasteiger partial charge in [-0.05, 0) is 49.7 Å². The van der Waals surface area contributed by atoms with Crippen molar-refractivity contribution in [1.29, 1.82) is 0 Å². The first-order valence-electron chi connectivity index (χ1n) is 10.4. The summed E-state index contributed by atoms with van der Waals surface area (Å²) in [4.78, 5) is 13.8. The fourth-order valence-corrected chi connectivity index (χ4v) is 3.33. The van der Waals surface area contributed by atoms with Gasteiger partial charge in [0.25, 0.3) is 0 Å². The van der Waals surface area contributed by atoms with Gasteiger partial charge < -0.3 is 15.5 Å². The molecule has 164 valence electrons. The second-order valence-corrected chi connectivity index (χ2v) is 7.00. The Hall–Kier alpha value is -4.01. The molecule has 4 aromatic rings. The Morgan fingerprint density at radius 1 is 1.12 bits per heavy atom. The lowest BCUT2D eigenvalue weighted by Gasteiger charge is -2.12. The van der Waals surface area contributed by atoms with Crippen LogP contribution in [-0.4, -0.2) is 39.1 Å². The molecule has 32 heavy (non-hydrogen) atoms. The van der Waals surface area contributed by atoms with Crippen LogP contribution in [0.4, 0.5) is 21.7 Å². The van der Waals surface area contributed by atoms with Crippen molar-refractivity contribution in [3.05, 3.63) is 71.9 Å². The molecule has 0 fully saturated rings. The standard InChI is InChI=1S/C23H24FN7O/c1-3-25-22-20(13-29-32-4-2)23(27-15-26-22)30-19-8-9-21-17(11-19)12-28-31(21)14-16-6-5-7-18(24)10-16/h5-13,15H,3-4,14H2,1-2H3,(H2,25,26,27,30). The molecule has 8 nitrogen and oxygen atoms in total. The SMILES string of the molecule is CCNc1ncnc(Nc2ccc3c(cnn3Cc3cccc(F)c3)c2)c1C=NOCC. The molecular formula is C23H24FN7O. The molecule has 0 radical (unpaired) electrons. The highest BCUT2D eigenvalue weighted by Gasteiger charge is 2.11. The smallest absolute Gasteiger partial charge is 0.144 e. The predicted molar refractivity (Wildman–Crippen MR) is 124 cm³/mol. The van der Waals surface area contributed by atoms with Gasteiger partial charge in [-0.2, -0.15) is 5.10 Å². The van der Waals surface area contributed by atoms with Crippen molar-refractivity contribution in [1.82, 2.24) is 19.7 Å². The first-order valence-corrected chi connectivity index (χ1v) is 10.4. The van der Waals surface area contributed by atoms with Crippen LogP contribution in [0.1, 0.15) is 25.0 Å². The molecule has 0 saturated carbocycles. The summed E-state index contributed by atoms with van der Waals surface area (Å²) in [6, 6.07) is 12.5. The summed E-state index contributed by atoms with van der Waals surface area (Å²) in [6.45, 7) is 5.53. The maximum Gasteiger partial charge on any atom is 0.144 e. The Morgan fingerprint density at radius 2 is 2.00 bits per heavy atom. The first-order chi connectivity index (χ1) is 15.7. The number of fused-ring (bicyclic) bond motifs is 1. The van der Waals surface area contributed by atoms with E-state index < -0.39 is 0 Å². The first kappa shape index (κ1) is 21.2. The molecule has 0 aliphatic carbocycles. The van der Waals surface area contributed by atoms with Gasteiger partial charge in [-0.1, -0.05) is 17.3 Å². The molecule has 0 aliphatic rings. The number of anilines is 3. The fraction of sp³-hybridized carbons (Fsp3) is 0.217. The molecule has 2 aromatic carbocycles. The van der Waals surface area contributed by atoms with E-state index in [0.29, 0.717) is 36.9 Å². The normalized spacial score (nSPS) is 11.2. The van der Waals surface area contributed by atoms with E-state index in [-0.39, 0.29) is 5.82 Å². The molecule has 0 bridgehead atoms. The molecule has 0 aliphatic heterocycles. The number of nitrogens with one attached hydrogen (secondary N) is 2. The van der Waals surface area contributed by atoms with Crippen molar-refractivity contribution in [2.24, 2.45) is 5.16 Å². The summed E-state index contributed by atoms with van der Waals surface area (Å²) >= 11 is 0. The number of nitrogens with zero attached hydrogens (tertiary/aromatic N) is 5. The van der Waals surface area contributed by atoms with Crippen LogP contribution in [0.15, 0.2) is 60.1 Å². The van der Waals surface area contributed by atoms with Crippen molar-refractivity contribution in [3.8, 4) is 0 Å². The summed E-state index contributed by atoms with van der Waals surface area (Å²) in [7, 11) is 0. The molecule has 0 unspecified atom stereocenters. The highest BCUT2D eigenvalue weighted by molar-refractivity contribution is 5.93. The Balaban J connectivity index is 1.60. The van der Waals surface area contributed by atoms with Crippen LogP contribution >= 0.6 is 0 Å². The minimum absolute atomic E-state index is 0.254. The Labute approximate surface area is 185 Å². The summed E-state index contributed by atoms with van der Waals surface area (Å²) in [5.74, 6) is 1.01. The number of aromatic nitrogens is 4. The molecule has 2 heterocycles. The van der Waals surface area contributed by atoms with E-state index in [9.17, 15) is 4.39 Å². The molecular weight excluding hydrogens is 409 g/mol. The van der Waals surface area contributed by atoms with Crippen molar-refractivity contribution in [2.75, 3.05) is 23.8 Å². The van der Waals surface area contributed by atoms with Crippen LogP contribution in [0.2, 0.25) is 0 Å². The highest BCUT2D eigenvalue weighted by atomic mass is 19.1. The highest BCUT2D eigenvalue weighted by Crippen LogP contribution is 2.25. The van der Waals surface area contributed by atoms with Gasteiger partial charge in [0.2, 0.25) is 0 Å². The third kappa shape index (κ3) is 4.83. The summed E-state index contributed by atoms with van der Waals surface area (Å²) in [6.07, 6.45) is 4.88. The zero-order chi connectivity index (χ0) is 22.3. The van der Waals surface area contributed by atoms with Gasteiger partial charge in [-0.15, -0.1) is 0 Å². The van der Waals surface area contributed by atoms with Gasteiger partial charge in [0, 0.05) is 17.6 Å². The quantitative estimate of drug-likeness (QED) is 0.297. The summed E-state index contributed by atoms with van der Waals surface area (Å²) < 4.78 is 15.4. The van der Waals surface area contributed by atoms with Gasteiger partial charge in [0.15, 0.2) is 0 Å². The maximum atomic E-state index is 13.5. The van der Waals surface area contributed by atoms with Crippen LogP contribution in [0, 0.1) is 5.82 Å². The summed E-state index contributed by atoms with van der Waals surface area (Å²) in [5, 5.41) is 15.9. The van der Waals surface area contributed by atoms with E-state index in [2.05, 4.69) is 30.9 Å². The molecule has 2 N–H and O–H groups in total. The van der Waals surface area contributed by atoms with Crippen molar-refractivity contribution in [2.45, 2.75) is 20.4 Å². The van der Waals surface area contributed by atoms with E-state index in [4.69, 9.17) is 4.84 Å². The molecule has 0 amide bonds. The lowest BCUT2D eigenvalue weighted by molar-refractivity contribution is 0.160. The van der Waals surface area contributed by atoms with Crippen LogP contribution in [-0.2, 0) is 11.4 Å². The zero-order valence-electron chi connectivity index (χ0n) is 17.9. The number of hydrogen-bond donors (Lipinski definition) is 2. The number of oxime groups is 1. The molecule has 0 atom stereocenters. The topological polar surface area (TPSA) is 89.2 Å². The molecule has 0 spiro atoms. The number of halogens is 1. The number of rotatable bonds is 9. The van der Waals surface area contributed by atoms with E-state index in [1.165, 1.54) is 18.5 Å². The largest absolute Gasteiger partial charge is 0.396 e. The van der Waals surface area contributed by atoms with E-state index in [1.807, 2.05) is 42.8 Å². The minimum Gasteiger partial charge on any atom is -0.396 e. The van der Waals surface area contributed by atoms with Crippen molar-refractivity contribution >= 4 is 34.4 Å².